The fraction of sp³-hybridized carbons (Fsp3) is 0.778. The van der Waals surface area contributed by atoms with Crippen LogP contribution in [-0.2, 0) is 14.3 Å². The molecule has 0 amide bonds. The lowest BCUT2D eigenvalue weighted by Crippen LogP contribution is -2.46. The molecular formula is C9H14F3NO4. The van der Waals surface area contributed by atoms with E-state index in [0.29, 0.717) is 0 Å². The highest BCUT2D eigenvalue weighted by atomic mass is 19.4. The number of ether oxygens (including phenoxy) is 1. The van der Waals surface area contributed by atoms with Crippen LogP contribution in [0.3, 0.4) is 0 Å². The molecule has 100 valence electrons. The first-order valence-electron chi connectivity index (χ1n) is 4.70. The lowest BCUT2D eigenvalue weighted by molar-refractivity contribution is -0.873. The van der Waals surface area contributed by atoms with Gasteiger partial charge in [-0.25, -0.2) is 4.79 Å². The number of alkyl halides is 3. The Hall–Kier alpha value is -1.31. The number of quaternary nitrogens is 1. The minimum Gasteiger partial charge on any atom is -0.550 e. The van der Waals surface area contributed by atoms with Crippen molar-refractivity contribution in [1.82, 2.24) is 0 Å². The summed E-state index contributed by atoms with van der Waals surface area (Å²) in [6, 6.07) is 0. The van der Waals surface area contributed by atoms with Crippen LogP contribution in [0.5, 0.6) is 0 Å². The summed E-state index contributed by atoms with van der Waals surface area (Å²) < 4.78 is 40.1. The Bertz CT molecular complexity index is 296. The second-order valence-electron chi connectivity index (χ2n) is 4.57. The largest absolute Gasteiger partial charge is 0.550 e. The molecule has 0 aromatic heterocycles. The summed E-state index contributed by atoms with van der Waals surface area (Å²) in [5.74, 6) is -3.96. The number of likely N-dealkylation sites (N-methyl/N-ethyl adjacent to an activating group) is 1. The maximum absolute atomic E-state index is 11.9. The minimum atomic E-state index is -5.13. The van der Waals surface area contributed by atoms with E-state index >= 15 is 0 Å². The number of hydrogen-bond donors (Lipinski definition) is 0. The SMILES string of the molecule is C[N+](C)(C)CC(CC(=O)[O-])OC(=O)C(F)(F)F. The molecule has 0 spiro atoms. The van der Waals surface area contributed by atoms with Gasteiger partial charge in [-0.2, -0.15) is 13.2 Å². The average Bonchev–Trinajstić information content (AvgIpc) is 1.96. The Morgan fingerprint density at radius 2 is 1.76 bits per heavy atom. The van der Waals surface area contributed by atoms with Crippen molar-refractivity contribution < 1.29 is 37.1 Å². The number of nitrogens with zero attached hydrogens (tertiary/aromatic N) is 1. The van der Waals surface area contributed by atoms with Gasteiger partial charge in [0.2, 0.25) is 0 Å². The predicted molar refractivity (Wildman–Crippen MR) is 48.5 cm³/mol. The molecular weight excluding hydrogens is 243 g/mol. The van der Waals surface area contributed by atoms with E-state index in [9.17, 15) is 27.9 Å². The molecule has 0 saturated heterocycles. The normalized spacial score (nSPS) is 14.2. The highest BCUT2D eigenvalue weighted by molar-refractivity contribution is 5.76. The van der Waals surface area contributed by atoms with Gasteiger partial charge in [0.1, 0.15) is 6.54 Å². The number of carbonyl (C=O) groups excluding carboxylic acids is 2. The van der Waals surface area contributed by atoms with E-state index in [2.05, 4.69) is 4.74 Å². The Balaban J connectivity index is 4.60. The molecule has 0 radical (unpaired) electrons. The minimum absolute atomic E-state index is 0.0597. The van der Waals surface area contributed by atoms with Crippen molar-refractivity contribution in [2.45, 2.75) is 18.7 Å². The molecule has 8 heteroatoms. The van der Waals surface area contributed by atoms with Gasteiger partial charge in [-0.15, -0.1) is 0 Å². The van der Waals surface area contributed by atoms with Crippen LogP contribution in [-0.4, -0.2) is 56.4 Å². The van der Waals surface area contributed by atoms with Crippen LogP contribution in [0.25, 0.3) is 0 Å². The van der Waals surface area contributed by atoms with Crippen molar-refractivity contribution >= 4 is 11.9 Å². The number of aliphatic carboxylic acids is 1. The molecule has 0 N–H and O–H groups in total. The van der Waals surface area contributed by atoms with Crippen molar-refractivity contribution in [3.8, 4) is 0 Å². The van der Waals surface area contributed by atoms with E-state index < -0.39 is 30.6 Å². The molecule has 0 aliphatic carbocycles. The first kappa shape index (κ1) is 15.7. The third kappa shape index (κ3) is 7.56. The van der Waals surface area contributed by atoms with E-state index in [4.69, 9.17) is 0 Å². The van der Waals surface area contributed by atoms with Crippen LogP contribution in [0.1, 0.15) is 6.42 Å². The molecule has 0 aliphatic rings. The Labute approximate surface area is 96.4 Å². The molecule has 0 aliphatic heterocycles. The molecule has 0 fully saturated rings. The van der Waals surface area contributed by atoms with Crippen LogP contribution < -0.4 is 5.11 Å². The van der Waals surface area contributed by atoms with Gasteiger partial charge in [0.15, 0.2) is 6.10 Å². The zero-order valence-corrected chi connectivity index (χ0v) is 9.71. The van der Waals surface area contributed by atoms with Gasteiger partial charge >= 0.3 is 12.1 Å². The first-order valence-corrected chi connectivity index (χ1v) is 4.70. The summed E-state index contributed by atoms with van der Waals surface area (Å²) in [6.45, 7) is -0.0597. The van der Waals surface area contributed by atoms with Crippen LogP contribution in [0, 0.1) is 0 Å². The van der Waals surface area contributed by atoms with Crippen molar-refractivity contribution in [1.29, 1.82) is 0 Å². The maximum atomic E-state index is 11.9. The van der Waals surface area contributed by atoms with E-state index in [1.54, 1.807) is 21.1 Å². The second-order valence-corrected chi connectivity index (χ2v) is 4.57. The topological polar surface area (TPSA) is 66.4 Å². The van der Waals surface area contributed by atoms with Crippen LogP contribution in [0.15, 0.2) is 0 Å². The van der Waals surface area contributed by atoms with Crippen molar-refractivity contribution in [3.63, 3.8) is 0 Å². The predicted octanol–water partition coefficient (Wildman–Crippen LogP) is -0.693. The third-order valence-electron chi connectivity index (χ3n) is 1.65. The molecule has 0 saturated carbocycles. The van der Waals surface area contributed by atoms with Gasteiger partial charge in [-0.05, 0) is 0 Å². The van der Waals surface area contributed by atoms with E-state index in [-0.39, 0.29) is 11.0 Å². The van der Waals surface area contributed by atoms with E-state index in [1.165, 1.54) is 0 Å². The molecule has 0 aromatic rings. The Morgan fingerprint density at radius 1 is 1.29 bits per heavy atom. The van der Waals surface area contributed by atoms with E-state index in [0.717, 1.165) is 0 Å². The summed E-state index contributed by atoms with van der Waals surface area (Å²) >= 11 is 0. The van der Waals surface area contributed by atoms with Gasteiger partial charge in [0, 0.05) is 12.4 Å². The summed E-state index contributed by atoms with van der Waals surface area (Å²) in [5.41, 5.74) is 0. The number of rotatable bonds is 5. The van der Waals surface area contributed by atoms with Gasteiger partial charge < -0.3 is 19.1 Å². The van der Waals surface area contributed by atoms with Gasteiger partial charge in [0.25, 0.3) is 0 Å². The molecule has 0 heterocycles. The van der Waals surface area contributed by atoms with Crippen LogP contribution >= 0.6 is 0 Å². The number of hydrogen-bond acceptors (Lipinski definition) is 4. The zero-order valence-electron chi connectivity index (χ0n) is 9.71. The molecule has 17 heavy (non-hydrogen) atoms. The smallest absolute Gasteiger partial charge is 0.490 e. The fourth-order valence-electron chi connectivity index (χ4n) is 1.16. The maximum Gasteiger partial charge on any atom is 0.490 e. The lowest BCUT2D eigenvalue weighted by Gasteiger charge is -2.29. The van der Waals surface area contributed by atoms with Gasteiger partial charge in [-0.3, -0.25) is 0 Å². The number of carbonyl (C=O) groups is 2. The Morgan fingerprint density at radius 3 is 2.06 bits per heavy atom. The zero-order chi connectivity index (χ0) is 13.9. The van der Waals surface area contributed by atoms with Crippen LogP contribution in [0.4, 0.5) is 13.2 Å². The lowest BCUT2D eigenvalue weighted by atomic mass is 10.2. The molecule has 1 atom stereocenters. The number of halogens is 3. The van der Waals surface area contributed by atoms with Gasteiger partial charge in [-0.1, -0.05) is 0 Å². The average molecular weight is 257 g/mol. The monoisotopic (exact) mass is 257 g/mol. The summed E-state index contributed by atoms with van der Waals surface area (Å²) in [6.07, 6.45) is -7.26. The van der Waals surface area contributed by atoms with E-state index in [1.807, 2.05) is 0 Å². The molecule has 5 nitrogen and oxygen atoms in total. The highest BCUT2D eigenvalue weighted by Crippen LogP contribution is 2.18. The summed E-state index contributed by atoms with van der Waals surface area (Å²) in [4.78, 5) is 20.9. The first-order chi connectivity index (χ1) is 7.42. The fourth-order valence-corrected chi connectivity index (χ4v) is 1.16. The number of carboxylic acids is 1. The molecule has 0 aromatic carbocycles. The third-order valence-corrected chi connectivity index (χ3v) is 1.65. The summed E-state index contributed by atoms with van der Waals surface area (Å²) in [7, 11) is 4.89. The van der Waals surface area contributed by atoms with Crippen molar-refractivity contribution in [2.24, 2.45) is 0 Å². The molecule has 0 rings (SSSR count). The Kier molecular flexibility index (Phi) is 4.94. The number of esters is 1. The number of carboxylic acid groups (broad SMARTS) is 1. The molecule has 0 bridgehead atoms. The van der Waals surface area contributed by atoms with Crippen molar-refractivity contribution in [3.05, 3.63) is 0 Å². The standard InChI is InChI=1S/C9H14F3NO4/c1-13(2,3)5-6(4-7(14)15)17-8(16)9(10,11)12/h6H,4-5H2,1-3H3. The van der Waals surface area contributed by atoms with Crippen molar-refractivity contribution in [2.75, 3.05) is 27.7 Å². The van der Waals surface area contributed by atoms with Crippen LogP contribution in [0.2, 0.25) is 0 Å². The quantitative estimate of drug-likeness (QED) is 0.483. The highest BCUT2D eigenvalue weighted by Gasteiger charge is 2.42. The molecule has 1 unspecified atom stereocenters. The second kappa shape index (κ2) is 5.35. The van der Waals surface area contributed by atoms with Gasteiger partial charge in [0.05, 0.1) is 21.1 Å². The summed E-state index contributed by atoms with van der Waals surface area (Å²) in [5, 5.41) is 10.3.